The number of nitrogens with one attached hydrogen (secondary N) is 1. The molecule has 0 aliphatic heterocycles. The van der Waals surface area contributed by atoms with Crippen LogP contribution in [0.5, 0.6) is 5.88 Å². The van der Waals surface area contributed by atoms with Crippen molar-refractivity contribution in [2.45, 2.75) is 26.6 Å². The first-order chi connectivity index (χ1) is 15.1. The van der Waals surface area contributed by atoms with E-state index in [1.54, 1.807) is 48.8 Å². The first-order valence-electron chi connectivity index (χ1n) is 9.59. The molecule has 0 saturated heterocycles. The van der Waals surface area contributed by atoms with Gasteiger partial charge in [0.25, 0.3) is 0 Å². The highest BCUT2D eigenvalue weighted by Gasteiger charge is 2.29. The number of methoxy groups -OCH3 is 1. The second-order valence-corrected chi connectivity index (χ2v) is 7.88. The van der Waals surface area contributed by atoms with Gasteiger partial charge >= 0.3 is 6.18 Å². The van der Waals surface area contributed by atoms with Gasteiger partial charge in [-0.15, -0.1) is 10.2 Å². The van der Waals surface area contributed by atoms with E-state index >= 15 is 0 Å². The number of nitriles is 1. The van der Waals surface area contributed by atoms with Crippen LogP contribution in [-0.4, -0.2) is 49.4 Å². The molecular formula is C20H19F3N8O. The van der Waals surface area contributed by atoms with Crippen LogP contribution in [0, 0.1) is 16.7 Å². The summed E-state index contributed by atoms with van der Waals surface area (Å²) in [7, 11) is 1.47. The van der Waals surface area contributed by atoms with E-state index < -0.39 is 18.1 Å². The number of nitrogens with zero attached hydrogens (tertiary/aromatic N) is 7. The lowest BCUT2D eigenvalue weighted by Crippen LogP contribution is -2.22. The number of hydrogen-bond donors (Lipinski definition) is 1. The minimum atomic E-state index is -4.42. The smallest absolute Gasteiger partial charge is 0.408 e. The minimum absolute atomic E-state index is 0.260. The summed E-state index contributed by atoms with van der Waals surface area (Å²) in [5.41, 5.74) is 1.86. The van der Waals surface area contributed by atoms with Gasteiger partial charge in [-0.3, -0.25) is 0 Å². The first kappa shape index (κ1) is 21.4. The number of hydrogen-bond acceptors (Lipinski definition) is 7. The summed E-state index contributed by atoms with van der Waals surface area (Å²) in [4.78, 5) is 4.38. The van der Waals surface area contributed by atoms with Gasteiger partial charge in [0.1, 0.15) is 17.6 Å². The normalized spacial score (nSPS) is 12.3. The SMILES string of the molecule is COc1nc(NCC(C)(C)C#N)nn2ccc(-c3ccc4nnn(CC(F)(F)F)c4c3)c12. The Morgan fingerprint density at radius 3 is 2.69 bits per heavy atom. The highest BCUT2D eigenvalue weighted by molar-refractivity contribution is 5.89. The lowest BCUT2D eigenvalue weighted by Gasteiger charge is -2.16. The average molecular weight is 444 g/mol. The number of aromatic nitrogens is 6. The van der Waals surface area contributed by atoms with Crippen LogP contribution < -0.4 is 10.1 Å². The second-order valence-electron chi connectivity index (χ2n) is 7.88. The van der Waals surface area contributed by atoms with Crippen molar-refractivity contribution in [3.8, 4) is 23.1 Å². The van der Waals surface area contributed by atoms with E-state index in [-0.39, 0.29) is 17.3 Å². The van der Waals surface area contributed by atoms with Crippen molar-refractivity contribution in [3.05, 3.63) is 30.5 Å². The number of alkyl halides is 3. The Morgan fingerprint density at radius 1 is 1.22 bits per heavy atom. The fraction of sp³-hybridized carbons (Fsp3) is 0.350. The van der Waals surface area contributed by atoms with Crippen LogP contribution in [0.15, 0.2) is 30.5 Å². The average Bonchev–Trinajstić information content (AvgIpc) is 3.34. The zero-order valence-electron chi connectivity index (χ0n) is 17.5. The van der Waals surface area contributed by atoms with E-state index in [1.807, 2.05) is 0 Å². The van der Waals surface area contributed by atoms with Gasteiger partial charge < -0.3 is 10.1 Å². The molecule has 0 fully saturated rings. The molecule has 1 aromatic carbocycles. The van der Waals surface area contributed by atoms with E-state index in [4.69, 9.17) is 4.74 Å². The third-order valence-corrected chi connectivity index (χ3v) is 4.82. The molecule has 0 radical (unpaired) electrons. The molecule has 0 aliphatic carbocycles. The Morgan fingerprint density at radius 2 is 2.00 bits per heavy atom. The number of benzene rings is 1. The van der Waals surface area contributed by atoms with Crippen LogP contribution in [0.4, 0.5) is 19.1 Å². The Hall–Kier alpha value is -3.88. The van der Waals surface area contributed by atoms with Crippen LogP contribution >= 0.6 is 0 Å². The molecule has 12 heteroatoms. The highest BCUT2D eigenvalue weighted by Crippen LogP contribution is 2.33. The van der Waals surface area contributed by atoms with Crippen LogP contribution in [0.3, 0.4) is 0 Å². The molecular weight excluding hydrogens is 425 g/mol. The van der Waals surface area contributed by atoms with Gasteiger partial charge in [0, 0.05) is 18.3 Å². The van der Waals surface area contributed by atoms with Crippen molar-refractivity contribution in [2.75, 3.05) is 19.0 Å². The van der Waals surface area contributed by atoms with Crippen molar-refractivity contribution in [1.82, 2.24) is 29.6 Å². The first-order valence-corrected chi connectivity index (χ1v) is 9.59. The van der Waals surface area contributed by atoms with Crippen LogP contribution in [0.2, 0.25) is 0 Å². The standard InChI is InChI=1S/C20H19F3N8O/c1-19(2,9-24)10-25-18-26-17(32-3)16-13(6-7-30(16)28-18)12-4-5-14-15(8-12)31(29-27-14)11-20(21,22)23/h4-8H,10-11H2,1-3H3,(H,25,28). The van der Waals surface area contributed by atoms with E-state index in [0.717, 1.165) is 4.68 Å². The molecule has 4 rings (SSSR count). The Balaban J connectivity index is 1.76. The maximum absolute atomic E-state index is 12.9. The van der Waals surface area contributed by atoms with Crippen LogP contribution in [-0.2, 0) is 6.54 Å². The third kappa shape index (κ3) is 4.14. The van der Waals surface area contributed by atoms with Gasteiger partial charge in [0.15, 0.2) is 0 Å². The molecule has 32 heavy (non-hydrogen) atoms. The Labute approximate surface area is 180 Å². The number of anilines is 1. The molecule has 0 amide bonds. The monoisotopic (exact) mass is 444 g/mol. The third-order valence-electron chi connectivity index (χ3n) is 4.82. The largest absolute Gasteiger partial charge is 0.479 e. The minimum Gasteiger partial charge on any atom is -0.479 e. The molecule has 166 valence electrons. The highest BCUT2D eigenvalue weighted by atomic mass is 19.4. The summed E-state index contributed by atoms with van der Waals surface area (Å²) < 4.78 is 46.5. The summed E-state index contributed by atoms with van der Waals surface area (Å²) in [6, 6.07) is 8.92. The topological polar surface area (TPSA) is 106 Å². The molecule has 0 aliphatic rings. The molecule has 0 atom stereocenters. The quantitative estimate of drug-likeness (QED) is 0.484. The van der Waals surface area contributed by atoms with Crippen molar-refractivity contribution in [1.29, 1.82) is 5.26 Å². The molecule has 9 nitrogen and oxygen atoms in total. The van der Waals surface area contributed by atoms with Crippen molar-refractivity contribution in [2.24, 2.45) is 5.41 Å². The van der Waals surface area contributed by atoms with Crippen molar-refractivity contribution in [3.63, 3.8) is 0 Å². The van der Waals surface area contributed by atoms with Gasteiger partial charge in [-0.1, -0.05) is 11.3 Å². The van der Waals surface area contributed by atoms with E-state index in [1.165, 1.54) is 7.11 Å². The predicted molar refractivity (Wildman–Crippen MR) is 110 cm³/mol. The number of ether oxygens (including phenoxy) is 1. The molecule has 0 spiro atoms. The number of fused-ring (bicyclic) bond motifs is 2. The molecule has 4 aromatic rings. The Kier molecular flexibility index (Phi) is 5.12. The lowest BCUT2D eigenvalue weighted by atomic mass is 9.96. The van der Waals surface area contributed by atoms with Gasteiger partial charge in [0.05, 0.1) is 24.1 Å². The van der Waals surface area contributed by atoms with Crippen molar-refractivity contribution < 1.29 is 17.9 Å². The summed E-state index contributed by atoms with van der Waals surface area (Å²) in [5, 5.41) is 24.0. The fourth-order valence-electron chi connectivity index (χ4n) is 3.20. The van der Waals surface area contributed by atoms with Gasteiger partial charge in [-0.05, 0) is 37.6 Å². The summed E-state index contributed by atoms with van der Waals surface area (Å²) in [6.45, 7) is 2.68. The predicted octanol–water partition coefficient (Wildman–Crippen LogP) is 3.67. The van der Waals surface area contributed by atoms with Crippen LogP contribution in [0.25, 0.3) is 27.7 Å². The summed E-state index contributed by atoms with van der Waals surface area (Å²) in [6.07, 6.45) is -2.72. The van der Waals surface area contributed by atoms with Crippen molar-refractivity contribution >= 4 is 22.5 Å². The van der Waals surface area contributed by atoms with Gasteiger partial charge in [0.2, 0.25) is 11.8 Å². The van der Waals surface area contributed by atoms with Crippen LogP contribution in [0.1, 0.15) is 13.8 Å². The maximum Gasteiger partial charge on any atom is 0.408 e. The van der Waals surface area contributed by atoms with E-state index in [0.29, 0.717) is 28.7 Å². The fourth-order valence-corrected chi connectivity index (χ4v) is 3.20. The van der Waals surface area contributed by atoms with E-state index in [9.17, 15) is 18.4 Å². The molecule has 0 bridgehead atoms. The number of halogens is 3. The zero-order chi connectivity index (χ0) is 23.1. The molecule has 0 saturated carbocycles. The summed E-state index contributed by atoms with van der Waals surface area (Å²) in [5.74, 6) is 0.557. The molecule has 3 heterocycles. The molecule has 3 aromatic heterocycles. The van der Waals surface area contributed by atoms with Gasteiger partial charge in [-0.2, -0.15) is 23.4 Å². The molecule has 0 unspecified atom stereocenters. The lowest BCUT2D eigenvalue weighted by molar-refractivity contribution is -0.142. The second kappa shape index (κ2) is 7.67. The maximum atomic E-state index is 12.9. The Bertz CT molecular complexity index is 1330. The molecule has 1 N–H and O–H groups in total. The zero-order valence-corrected chi connectivity index (χ0v) is 17.5. The number of rotatable bonds is 6. The summed E-state index contributed by atoms with van der Waals surface area (Å²) >= 11 is 0. The van der Waals surface area contributed by atoms with Gasteiger partial charge in [-0.25, -0.2) is 9.20 Å². The van der Waals surface area contributed by atoms with E-state index in [2.05, 4.69) is 31.8 Å².